The van der Waals surface area contributed by atoms with Gasteiger partial charge >= 0.3 is 12.1 Å². The number of carbonyl (C=O) groups is 1. The van der Waals surface area contributed by atoms with Crippen molar-refractivity contribution in [1.29, 1.82) is 0 Å². The molecular weight excluding hydrogens is 730 g/mol. The van der Waals surface area contributed by atoms with Crippen LogP contribution in [0, 0.1) is 42.4 Å². The van der Waals surface area contributed by atoms with Crippen LogP contribution in [0.1, 0.15) is 97.2 Å². The number of aryl methyl sites for hydroxylation is 1. The van der Waals surface area contributed by atoms with Gasteiger partial charge in [-0.05, 0) is 134 Å². The summed E-state index contributed by atoms with van der Waals surface area (Å²) in [7, 11) is 0. The van der Waals surface area contributed by atoms with Crippen LogP contribution in [0.2, 0.25) is 0 Å². The quantitative estimate of drug-likeness (QED) is 0.195. The number of morpholine rings is 1. The van der Waals surface area contributed by atoms with Gasteiger partial charge in [-0.15, -0.1) is 0 Å². The highest BCUT2D eigenvalue weighted by Gasteiger charge is 2.56. The molecule has 3 fully saturated rings. The summed E-state index contributed by atoms with van der Waals surface area (Å²) < 4.78 is 47.2. The standard InChI is InChI=1S/C24H31NO.C22H22F3N3O3/c1-23-11-9-18(26)14-17(23)5-6-19-21-8-7-20(16-4-3-13-25-15-16)24(21,2)12-10-22(19)23;1-13-15(4-3-5-18(13)22(23,24)25)12-28-14(2)26-20-17(21(29)30)10-16(11-19(20)28)27-6-8-31-9-7-27/h3-5,7,13,15,18-19,21-22,26H,6,8-12,14H2,1-2H3;3-5,10-11H,6-9,12H2,1-2H3,(H,29,30)/t18-,19-,21-,22-,23-,24+;/m0./s1. The molecule has 0 unspecified atom stereocenters. The number of hydrogen-bond donors (Lipinski definition) is 2. The van der Waals surface area contributed by atoms with E-state index in [0.717, 1.165) is 42.3 Å². The Bertz CT molecular complexity index is 2230. The fourth-order valence-corrected chi connectivity index (χ4v) is 11.2. The Hall–Kier alpha value is -4.48. The third-order valence-electron chi connectivity index (χ3n) is 14.3. The van der Waals surface area contributed by atoms with Gasteiger partial charge in [0, 0.05) is 37.7 Å². The van der Waals surface area contributed by atoms with Gasteiger partial charge in [-0.2, -0.15) is 13.2 Å². The maximum Gasteiger partial charge on any atom is 0.416 e. The van der Waals surface area contributed by atoms with Gasteiger partial charge < -0.3 is 24.4 Å². The summed E-state index contributed by atoms with van der Waals surface area (Å²) in [6.07, 6.45) is 12.6. The summed E-state index contributed by atoms with van der Waals surface area (Å²) >= 11 is 0. The molecule has 57 heavy (non-hydrogen) atoms. The Labute approximate surface area is 332 Å². The number of carboxylic acids is 1. The Kier molecular flexibility index (Phi) is 10.4. The van der Waals surface area contributed by atoms with Crippen molar-refractivity contribution in [2.75, 3.05) is 31.2 Å². The maximum atomic E-state index is 13.3. The number of pyridine rings is 1. The molecule has 6 atom stereocenters. The van der Waals surface area contributed by atoms with E-state index in [1.807, 2.05) is 23.4 Å². The summed E-state index contributed by atoms with van der Waals surface area (Å²) in [5.41, 5.74) is 6.78. The number of rotatable bonds is 5. The van der Waals surface area contributed by atoms with Crippen LogP contribution >= 0.6 is 0 Å². The number of aliphatic hydroxyl groups excluding tert-OH is 1. The molecule has 2 N–H and O–H groups in total. The van der Waals surface area contributed by atoms with Crippen LogP contribution in [0.5, 0.6) is 0 Å². The summed E-state index contributed by atoms with van der Waals surface area (Å²) in [6, 6.07) is 11.9. The molecule has 0 spiro atoms. The number of hydrogen-bond acceptors (Lipinski definition) is 6. The zero-order valence-electron chi connectivity index (χ0n) is 33.3. The zero-order chi connectivity index (χ0) is 40.3. The number of imidazole rings is 1. The van der Waals surface area contributed by atoms with Crippen molar-refractivity contribution < 1.29 is 32.9 Å². The lowest BCUT2D eigenvalue weighted by molar-refractivity contribution is -0.138. The second-order valence-corrected chi connectivity index (χ2v) is 17.3. The highest BCUT2D eigenvalue weighted by molar-refractivity contribution is 6.03. The SMILES string of the molecule is C[C@]12CC[C@H](O)CC1=CC[C@@H]1[C@@H]2CC[C@]2(C)C(c3cccnc3)=CC[C@@H]12.Cc1c(Cn2c(C)nc3c(C(=O)O)cc(N4CCOCC4)cc32)cccc1C(F)(F)F. The molecule has 11 heteroatoms. The number of aliphatic hydroxyl groups is 1. The third kappa shape index (κ3) is 7.09. The first kappa shape index (κ1) is 39.4. The molecule has 3 heterocycles. The number of allylic oxidation sites excluding steroid dienone is 3. The first-order valence-corrected chi connectivity index (χ1v) is 20.4. The van der Waals surface area contributed by atoms with Gasteiger partial charge in [0.05, 0.1) is 36.0 Å². The van der Waals surface area contributed by atoms with E-state index < -0.39 is 17.7 Å². The smallest absolute Gasteiger partial charge is 0.416 e. The summed E-state index contributed by atoms with van der Waals surface area (Å²) in [5, 5.41) is 19.9. The summed E-state index contributed by atoms with van der Waals surface area (Å²) in [5.74, 6) is 1.80. The van der Waals surface area contributed by atoms with Gasteiger partial charge in [-0.25, -0.2) is 9.78 Å². The minimum atomic E-state index is -4.44. The van der Waals surface area contributed by atoms with Crippen LogP contribution in [0.15, 0.2) is 72.6 Å². The zero-order valence-corrected chi connectivity index (χ0v) is 33.3. The lowest BCUT2D eigenvalue weighted by Gasteiger charge is -2.57. The molecule has 1 saturated heterocycles. The molecule has 9 rings (SSSR count). The highest BCUT2D eigenvalue weighted by atomic mass is 19.4. The minimum Gasteiger partial charge on any atom is -0.478 e. The number of nitrogens with zero attached hydrogens (tertiary/aromatic N) is 4. The highest BCUT2D eigenvalue weighted by Crippen LogP contribution is 2.66. The second kappa shape index (κ2) is 15.0. The van der Waals surface area contributed by atoms with Gasteiger partial charge in [-0.3, -0.25) is 4.98 Å². The molecule has 2 saturated carbocycles. The average Bonchev–Trinajstić information content (AvgIpc) is 3.71. The molecule has 302 valence electrons. The lowest BCUT2D eigenvalue weighted by atomic mass is 9.47. The van der Waals surface area contributed by atoms with Gasteiger partial charge in [0.1, 0.15) is 11.3 Å². The van der Waals surface area contributed by atoms with Crippen molar-refractivity contribution in [3.8, 4) is 0 Å². The van der Waals surface area contributed by atoms with E-state index in [4.69, 9.17) is 4.74 Å². The topological polar surface area (TPSA) is 101 Å². The number of halogens is 3. The number of anilines is 1. The first-order chi connectivity index (χ1) is 27.2. The van der Waals surface area contributed by atoms with Gasteiger partial charge in [-0.1, -0.05) is 49.8 Å². The van der Waals surface area contributed by atoms with Gasteiger partial charge in [0.2, 0.25) is 0 Å². The van der Waals surface area contributed by atoms with Crippen molar-refractivity contribution in [1.82, 2.24) is 14.5 Å². The molecule has 2 aromatic carbocycles. The number of benzene rings is 2. The van der Waals surface area contributed by atoms with E-state index in [1.54, 1.807) is 34.8 Å². The van der Waals surface area contributed by atoms with Crippen molar-refractivity contribution in [2.45, 2.75) is 91.5 Å². The first-order valence-electron chi connectivity index (χ1n) is 20.4. The Morgan fingerprint density at radius 1 is 0.982 bits per heavy atom. The average molecular weight is 783 g/mol. The van der Waals surface area contributed by atoms with E-state index in [2.05, 4.69) is 48.1 Å². The predicted molar refractivity (Wildman–Crippen MR) is 215 cm³/mol. The number of aromatic nitrogens is 3. The molecular formula is C46H53F3N4O4. The number of fused-ring (bicyclic) bond motifs is 6. The van der Waals surface area contributed by atoms with E-state index in [1.165, 1.54) is 50.7 Å². The van der Waals surface area contributed by atoms with Crippen LogP contribution in [-0.4, -0.2) is 63.1 Å². The lowest BCUT2D eigenvalue weighted by Crippen LogP contribution is -2.49. The van der Waals surface area contributed by atoms with Crippen molar-refractivity contribution >= 4 is 28.3 Å². The Morgan fingerprint density at radius 3 is 2.47 bits per heavy atom. The van der Waals surface area contributed by atoms with E-state index in [9.17, 15) is 28.2 Å². The summed E-state index contributed by atoms with van der Waals surface area (Å²) in [6.45, 7) is 10.7. The maximum absolute atomic E-state index is 13.3. The fraction of sp³-hybridized carbons (Fsp3) is 0.500. The Morgan fingerprint density at radius 2 is 1.75 bits per heavy atom. The largest absolute Gasteiger partial charge is 0.478 e. The number of ether oxygens (including phenoxy) is 1. The van der Waals surface area contributed by atoms with E-state index >= 15 is 0 Å². The number of aromatic carboxylic acids is 1. The summed E-state index contributed by atoms with van der Waals surface area (Å²) in [4.78, 5) is 22.8. The molecule has 0 amide bonds. The number of carboxylic acid groups (broad SMARTS) is 1. The second-order valence-electron chi connectivity index (χ2n) is 17.3. The van der Waals surface area contributed by atoms with Crippen LogP contribution < -0.4 is 4.90 Å². The minimum absolute atomic E-state index is 0.0709. The molecule has 1 aliphatic heterocycles. The van der Waals surface area contributed by atoms with Crippen LogP contribution in [0.4, 0.5) is 18.9 Å². The fourth-order valence-electron chi connectivity index (χ4n) is 11.2. The van der Waals surface area contributed by atoms with Crippen molar-refractivity contribution in [2.24, 2.45) is 28.6 Å². The molecule has 4 aromatic rings. The van der Waals surface area contributed by atoms with Crippen LogP contribution in [0.3, 0.4) is 0 Å². The monoisotopic (exact) mass is 782 g/mol. The van der Waals surface area contributed by atoms with Crippen LogP contribution in [-0.2, 0) is 17.5 Å². The number of alkyl halides is 3. The van der Waals surface area contributed by atoms with Gasteiger partial charge in [0.15, 0.2) is 0 Å². The molecule has 5 aliphatic rings. The van der Waals surface area contributed by atoms with Crippen LogP contribution in [0.25, 0.3) is 16.6 Å². The van der Waals surface area contributed by atoms with E-state index in [-0.39, 0.29) is 23.8 Å². The molecule has 2 aromatic heterocycles. The van der Waals surface area contributed by atoms with Crippen molar-refractivity contribution in [3.05, 3.63) is 106 Å². The predicted octanol–water partition coefficient (Wildman–Crippen LogP) is 9.65. The molecule has 4 aliphatic carbocycles. The Balaban J connectivity index is 0.000000162. The normalized spacial score (nSPS) is 28.4. The van der Waals surface area contributed by atoms with E-state index in [0.29, 0.717) is 59.6 Å². The third-order valence-corrected chi connectivity index (χ3v) is 14.3. The molecule has 8 nitrogen and oxygen atoms in total. The molecule has 0 bridgehead atoms. The van der Waals surface area contributed by atoms with Gasteiger partial charge in [0.25, 0.3) is 0 Å². The molecule has 0 radical (unpaired) electrons. The van der Waals surface area contributed by atoms with Crippen molar-refractivity contribution in [3.63, 3.8) is 0 Å².